The summed E-state index contributed by atoms with van der Waals surface area (Å²) in [5.74, 6) is 1.05. The van der Waals surface area contributed by atoms with E-state index in [0.717, 1.165) is 32.0 Å². The van der Waals surface area contributed by atoms with E-state index in [-0.39, 0.29) is 24.0 Å². The predicted octanol–water partition coefficient (Wildman–Crippen LogP) is 3.22. The summed E-state index contributed by atoms with van der Waals surface area (Å²) < 4.78 is 0. The SMILES string of the molecule is CN=C(NCCc1cccs1)N1CCC(C)(C)C1.I. The summed E-state index contributed by atoms with van der Waals surface area (Å²) in [5, 5.41) is 5.60. The van der Waals surface area contributed by atoms with E-state index in [9.17, 15) is 0 Å². The van der Waals surface area contributed by atoms with Crippen molar-refractivity contribution >= 4 is 41.3 Å². The van der Waals surface area contributed by atoms with Crippen LogP contribution in [0.3, 0.4) is 0 Å². The first-order valence-corrected chi connectivity index (χ1v) is 7.47. The van der Waals surface area contributed by atoms with Crippen molar-refractivity contribution in [1.29, 1.82) is 0 Å². The molecule has 0 radical (unpaired) electrons. The Morgan fingerprint density at radius 2 is 2.32 bits per heavy atom. The van der Waals surface area contributed by atoms with E-state index < -0.39 is 0 Å². The van der Waals surface area contributed by atoms with Crippen LogP contribution in [0.1, 0.15) is 25.1 Å². The second kappa shape index (κ2) is 7.47. The minimum absolute atomic E-state index is 0. The third-order valence-electron chi connectivity index (χ3n) is 3.42. The van der Waals surface area contributed by atoms with Crippen LogP contribution in [0.25, 0.3) is 0 Å². The average Bonchev–Trinajstić information content (AvgIpc) is 2.94. The Hall–Kier alpha value is -0.300. The molecule has 108 valence electrons. The number of nitrogens with zero attached hydrogens (tertiary/aromatic N) is 2. The first-order valence-electron chi connectivity index (χ1n) is 6.59. The van der Waals surface area contributed by atoms with Crippen LogP contribution in [0, 0.1) is 5.41 Å². The summed E-state index contributed by atoms with van der Waals surface area (Å²) in [5.41, 5.74) is 0.422. The zero-order valence-electron chi connectivity index (χ0n) is 12.0. The quantitative estimate of drug-likeness (QED) is 0.485. The van der Waals surface area contributed by atoms with E-state index in [2.05, 4.69) is 46.6 Å². The molecule has 2 heterocycles. The Labute approximate surface area is 137 Å². The molecule has 0 aromatic carbocycles. The molecule has 1 aliphatic heterocycles. The number of rotatable bonds is 3. The van der Waals surface area contributed by atoms with Crippen molar-refractivity contribution in [2.75, 3.05) is 26.7 Å². The lowest BCUT2D eigenvalue weighted by Gasteiger charge is -2.23. The molecule has 3 nitrogen and oxygen atoms in total. The zero-order valence-corrected chi connectivity index (χ0v) is 15.1. The van der Waals surface area contributed by atoms with Crippen LogP contribution in [0.4, 0.5) is 0 Å². The highest BCUT2D eigenvalue weighted by Crippen LogP contribution is 2.28. The van der Waals surface area contributed by atoms with Crippen LogP contribution in [0.2, 0.25) is 0 Å². The molecule has 0 saturated carbocycles. The van der Waals surface area contributed by atoms with Gasteiger partial charge in [0.1, 0.15) is 0 Å². The maximum absolute atomic E-state index is 4.39. The fourth-order valence-electron chi connectivity index (χ4n) is 2.38. The predicted molar refractivity (Wildman–Crippen MR) is 94.8 cm³/mol. The van der Waals surface area contributed by atoms with Crippen LogP contribution < -0.4 is 5.32 Å². The van der Waals surface area contributed by atoms with Crippen molar-refractivity contribution < 1.29 is 0 Å². The van der Waals surface area contributed by atoms with Crippen molar-refractivity contribution in [3.8, 4) is 0 Å². The largest absolute Gasteiger partial charge is 0.356 e. The van der Waals surface area contributed by atoms with E-state index in [4.69, 9.17) is 0 Å². The van der Waals surface area contributed by atoms with Crippen LogP contribution in [0.5, 0.6) is 0 Å². The van der Waals surface area contributed by atoms with Crippen LogP contribution >= 0.6 is 35.3 Å². The number of nitrogens with one attached hydrogen (secondary N) is 1. The van der Waals surface area contributed by atoms with E-state index in [1.807, 2.05) is 18.4 Å². The summed E-state index contributed by atoms with van der Waals surface area (Å²) >= 11 is 1.82. The molecule has 0 atom stereocenters. The minimum Gasteiger partial charge on any atom is -0.356 e. The molecule has 0 bridgehead atoms. The number of aliphatic imine (C=N–C) groups is 1. The standard InChI is InChI=1S/C14H23N3S.HI/c1-14(2)7-9-17(11-14)13(15-3)16-8-6-12-5-4-10-18-12;/h4-5,10H,6-9,11H2,1-3H3,(H,15,16);1H. The van der Waals surface area contributed by atoms with E-state index in [0.29, 0.717) is 5.41 Å². The van der Waals surface area contributed by atoms with Gasteiger partial charge in [0, 0.05) is 31.6 Å². The van der Waals surface area contributed by atoms with Gasteiger partial charge in [-0.2, -0.15) is 0 Å². The molecule has 1 N–H and O–H groups in total. The number of guanidine groups is 1. The summed E-state index contributed by atoms with van der Waals surface area (Å²) in [7, 11) is 1.87. The molecule has 1 fully saturated rings. The second-order valence-corrected chi connectivity index (χ2v) is 6.67. The van der Waals surface area contributed by atoms with Gasteiger partial charge in [0.25, 0.3) is 0 Å². The van der Waals surface area contributed by atoms with Crippen molar-refractivity contribution in [3.63, 3.8) is 0 Å². The highest BCUT2D eigenvalue weighted by molar-refractivity contribution is 14.0. The molecule has 0 unspecified atom stereocenters. The molecular weight excluding hydrogens is 369 g/mol. The monoisotopic (exact) mass is 393 g/mol. The number of thiophene rings is 1. The molecule has 19 heavy (non-hydrogen) atoms. The van der Waals surface area contributed by atoms with Gasteiger partial charge in [-0.1, -0.05) is 19.9 Å². The second-order valence-electron chi connectivity index (χ2n) is 5.64. The van der Waals surface area contributed by atoms with Gasteiger partial charge < -0.3 is 10.2 Å². The molecule has 1 aliphatic rings. The van der Waals surface area contributed by atoms with Gasteiger partial charge in [0.15, 0.2) is 5.96 Å². The van der Waals surface area contributed by atoms with Crippen LogP contribution in [0.15, 0.2) is 22.5 Å². The van der Waals surface area contributed by atoms with Gasteiger partial charge in [0.2, 0.25) is 0 Å². The molecule has 0 aliphatic carbocycles. The molecule has 1 aromatic rings. The number of hydrogen-bond acceptors (Lipinski definition) is 2. The van der Waals surface area contributed by atoms with Gasteiger partial charge in [0.05, 0.1) is 0 Å². The Bertz CT molecular complexity index is 401. The minimum atomic E-state index is 0. The maximum atomic E-state index is 4.39. The highest BCUT2D eigenvalue weighted by Gasteiger charge is 2.30. The van der Waals surface area contributed by atoms with E-state index in [1.165, 1.54) is 11.3 Å². The highest BCUT2D eigenvalue weighted by atomic mass is 127. The summed E-state index contributed by atoms with van der Waals surface area (Å²) in [6.45, 7) is 7.83. The topological polar surface area (TPSA) is 27.6 Å². The fraction of sp³-hybridized carbons (Fsp3) is 0.643. The maximum Gasteiger partial charge on any atom is 0.193 e. The van der Waals surface area contributed by atoms with Gasteiger partial charge >= 0.3 is 0 Å². The Morgan fingerprint density at radius 3 is 2.84 bits per heavy atom. The van der Waals surface area contributed by atoms with E-state index in [1.54, 1.807) is 0 Å². The van der Waals surface area contributed by atoms with Crippen LogP contribution in [-0.4, -0.2) is 37.5 Å². The molecule has 2 rings (SSSR count). The first kappa shape index (κ1) is 16.8. The summed E-state index contributed by atoms with van der Waals surface area (Å²) in [6, 6.07) is 4.30. The normalized spacial score (nSPS) is 18.3. The first-order chi connectivity index (χ1) is 8.61. The lowest BCUT2D eigenvalue weighted by atomic mass is 9.93. The smallest absolute Gasteiger partial charge is 0.193 e. The van der Waals surface area contributed by atoms with Crippen molar-refractivity contribution in [2.24, 2.45) is 10.4 Å². The lowest BCUT2D eigenvalue weighted by Crippen LogP contribution is -2.41. The van der Waals surface area contributed by atoms with Gasteiger partial charge in [-0.3, -0.25) is 4.99 Å². The molecule has 1 aromatic heterocycles. The lowest BCUT2D eigenvalue weighted by molar-refractivity contribution is 0.370. The Kier molecular flexibility index (Phi) is 6.59. The third kappa shape index (κ3) is 4.95. The van der Waals surface area contributed by atoms with Crippen molar-refractivity contribution in [1.82, 2.24) is 10.2 Å². The van der Waals surface area contributed by atoms with Crippen LogP contribution in [-0.2, 0) is 6.42 Å². The Morgan fingerprint density at radius 1 is 1.53 bits per heavy atom. The number of halogens is 1. The van der Waals surface area contributed by atoms with Crippen molar-refractivity contribution in [2.45, 2.75) is 26.7 Å². The molecular formula is C14H24IN3S. The van der Waals surface area contributed by atoms with Gasteiger partial charge in [-0.25, -0.2) is 0 Å². The number of hydrogen-bond donors (Lipinski definition) is 1. The van der Waals surface area contributed by atoms with Gasteiger partial charge in [-0.15, -0.1) is 35.3 Å². The molecule has 0 spiro atoms. The average molecular weight is 393 g/mol. The van der Waals surface area contributed by atoms with Gasteiger partial charge in [-0.05, 0) is 29.7 Å². The molecule has 5 heteroatoms. The zero-order chi connectivity index (χ0) is 13.0. The third-order valence-corrected chi connectivity index (χ3v) is 4.36. The molecule has 1 saturated heterocycles. The molecule has 0 amide bonds. The van der Waals surface area contributed by atoms with E-state index >= 15 is 0 Å². The summed E-state index contributed by atoms with van der Waals surface area (Å²) in [4.78, 5) is 8.19. The fourth-order valence-corrected chi connectivity index (χ4v) is 3.09. The van der Waals surface area contributed by atoms with Crippen molar-refractivity contribution in [3.05, 3.63) is 22.4 Å². The Balaban J connectivity index is 0.00000180. The number of likely N-dealkylation sites (tertiary alicyclic amines) is 1. The summed E-state index contributed by atoms with van der Waals surface area (Å²) in [6.07, 6.45) is 2.33.